The van der Waals surface area contributed by atoms with E-state index in [4.69, 9.17) is 22.1 Å². The zero-order valence-electron chi connectivity index (χ0n) is 16.2. The molecule has 154 valence electrons. The predicted octanol–water partition coefficient (Wildman–Crippen LogP) is 5.37. The molecular formula is C24H17NO4S2. The van der Waals surface area contributed by atoms with Gasteiger partial charge in [-0.25, -0.2) is 4.79 Å². The second kappa shape index (κ2) is 9.16. The molecule has 0 saturated carbocycles. The van der Waals surface area contributed by atoms with Crippen molar-refractivity contribution in [3.8, 4) is 5.75 Å². The van der Waals surface area contributed by atoms with Gasteiger partial charge >= 0.3 is 5.97 Å². The standard InChI is InChI=1S/C24H17NO4S2/c26-22-21(31-24(30)25(22)19-7-2-1-3-8-19)14-18-6-4-5-9-20(18)29-15-16-10-12-17(13-11-16)23(27)28/h1-14H,15H2,(H,27,28)/b21-14+. The Balaban J connectivity index is 1.53. The van der Waals surface area contributed by atoms with Crippen molar-refractivity contribution in [3.05, 3.63) is 100 Å². The van der Waals surface area contributed by atoms with Crippen molar-refractivity contribution in [1.29, 1.82) is 0 Å². The van der Waals surface area contributed by atoms with Gasteiger partial charge in [0.05, 0.1) is 16.2 Å². The molecule has 0 aliphatic carbocycles. The summed E-state index contributed by atoms with van der Waals surface area (Å²) in [6, 6.07) is 23.3. The first-order chi connectivity index (χ1) is 15.0. The summed E-state index contributed by atoms with van der Waals surface area (Å²) in [4.78, 5) is 26.0. The maximum atomic E-state index is 13.0. The largest absolute Gasteiger partial charge is 0.488 e. The molecule has 31 heavy (non-hydrogen) atoms. The van der Waals surface area contributed by atoms with Gasteiger partial charge in [0, 0.05) is 5.56 Å². The van der Waals surface area contributed by atoms with Gasteiger partial charge in [0.15, 0.2) is 4.32 Å². The van der Waals surface area contributed by atoms with Crippen molar-refractivity contribution >= 4 is 51.9 Å². The topological polar surface area (TPSA) is 66.8 Å². The van der Waals surface area contributed by atoms with Crippen LogP contribution in [0.1, 0.15) is 21.5 Å². The Bertz CT molecular complexity index is 1170. The Morgan fingerprint density at radius 3 is 2.39 bits per heavy atom. The SMILES string of the molecule is O=C(O)c1ccc(COc2ccccc2/C=C2/SC(=S)N(c3ccccc3)C2=O)cc1. The molecule has 0 unspecified atom stereocenters. The molecule has 1 amide bonds. The molecule has 5 nitrogen and oxygen atoms in total. The third-order valence-corrected chi connectivity index (χ3v) is 5.91. The van der Waals surface area contributed by atoms with Gasteiger partial charge in [-0.3, -0.25) is 9.69 Å². The maximum Gasteiger partial charge on any atom is 0.335 e. The normalized spacial score (nSPS) is 14.8. The van der Waals surface area contributed by atoms with Gasteiger partial charge in [-0.2, -0.15) is 0 Å². The number of carbonyl (C=O) groups is 2. The number of ether oxygens (including phenoxy) is 1. The lowest BCUT2D eigenvalue weighted by Gasteiger charge is -2.14. The molecule has 3 aromatic rings. The van der Waals surface area contributed by atoms with E-state index in [-0.39, 0.29) is 18.1 Å². The van der Waals surface area contributed by atoms with Crippen molar-refractivity contribution in [2.75, 3.05) is 4.90 Å². The first-order valence-electron chi connectivity index (χ1n) is 9.40. The number of rotatable bonds is 6. The monoisotopic (exact) mass is 447 g/mol. The average molecular weight is 448 g/mol. The number of nitrogens with zero attached hydrogens (tertiary/aromatic N) is 1. The van der Waals surface area contributed by atoms with Crippen molar-refractivity contribution in [2.24, 2.45) is 0 Å². The first-order valence-corrected chi connectivity index (χ1v) is 10.6. The smallest absolute Gasteiger partial charge is 0.335 e. The minimum absolute atomic E-state index is 0.166. The van der Waals surface area contributed by atoms with Crippen LogP contribution in [0.5, 0.6) is 5.75 Å². The minimum atomic E-state index is -0.967. The summed E-state index contributed by atoms with van der Waals surface area (Å²) in [5.41, 5.74) is 2.57. The summed E-state index contributed by atoms with van der Waals surface area (Å²) >= 11 is 6.68. The first kappa shape index (κ1) is 20.8. The van der Waals surface area contributed by atoms with Crippen LogP contribution in [-0.2, 0) is 11.4 Å². The number of para-hydroxylation sites is 2. The highest BCUT2D eigenvalue weighted by atomic mass is 32.2. The average Bonchev–Trinajstić information content (AvgIpc) is 3.06. The molecule has 7 heteroatoms. The van der Waals surface area contributed by atoms with Gasteiger partial charge in [-0.15, -0.1) is 0 Å². The second-order valence-electron chi connectivity index (χ2n) is 6.68. The molecule has 0 atom stereocenters. The van der Waals surface area contributed by atoms with Gasteiger partial charge in [-0.1, -0.05) is 72.5 Å². The van der Waals surface area contributed by atoms with Crippen LogP contribution in [-0.4, -0.2) is 21.3 Å². The summed E-state index contributed by atoms with van der Waals surface area (Å²) in [7, 11) is 0. The molecule has 1 heterocycles. The lowest BCUT2D eigenvalue weighted by molar-refractivity contribution is -0.113. The van der Waals surface area contributed by atoms with E-state index in [2.05, 4.69) is 0 Å². The molecule has 0 spiro atoms. The fourth-order valence-electron chi connectivity index (χ4n) is 3.04. The Kier molecular flexibility index (Phi) is 6.16. The highest BCUT2D eigenvalue weighted by molar-refractivity contribution is 8.27. The predicted molar refractivity (Wildman–Crippen MR) is 126 cm³/mol. The quantitative estimate of drug-likeness (QED) is 0.405. The van der Waals surface area contributed by atoms with E-state index in [1.54, 1.807) is 30.3 Å². The van der Waals surface area contributed by atoms with Crippen LogP contribution in [0, 0.1) is 0 Å². The van der Waals surface area contributed by atoms with Crippen LogP contribution < -0.4 is 9.64 Å². The number of anilines is 1. The van der Waals surface area contributed by atoms with E-state index in [9.17, 15) is 9.59 Å². The molecule has 0 bridgehead atoms. The zero-order valence-corrected chi connectivity index (χ0v) is 17.9. The number of carboxylic acids is 1. The molecule has 4 rings (SSSR count). The van der Waals surface area contributed by atoms with Crippen molar-refractivity contribution in [1.82, 2.24) is 0 Å². The fourth-order valence-corrected chi connectivity index (χ4v) is 4.33. The molecule has 1 N–H and O–H groups in total. The summed E-state index contributed by atoms with van der Waals surface area (Å²) in [6.07, 6.45) is 1.78. The molecule has 0 aromatic heterocycles. The number of hydrogen-bond donors (Lipinski definition) is 1. The van der Waals surface area contributed by atoms with Crippen molar-refractivity contribution < 1.29 is 19.4 Å². The fraction of sp³-hybridized carbons (Fsp3) is 0.0417. The summed E-state index contributed by atoms with van der Waals surface area (Å²) in [5, 5.41) is 9.01. The minimum Gasteiger partial charge on any atom is -0.488 e. The molecule has 0 radical (unpaired) electrons. The lowest BCUT2D eigenvalue weighted by Crippen LogP contribution is -2.27. The van der Waals surface area contributed by atoms with Gasteiger partial charge in [-0.05, 0) is 42.0 Å². The molecular weight excluding hydrogens is 430 g/mol. The van der Waals surface area contributed by atoms with E-state index in [0.29, 0.717) is 15.0 Å². The van der Waals surface area contributed by atoms with Crippen LogP contribution in [0.25, 0.3) is 6.08 Å². The number of benzene rings is 3. The Morgan fingerprint density at radius 1 is 1.00 bits per heavy atom. The number of thioether (sulfide) groups is 1. The van der Waals surface area contributed by atoms with Crippen LogP contribution >= 0.6 is 24.0 Å². The Labute approximate surface area is 189 Å². The van der Waals surface area contributed by atoms with Gasteiger partial charge < -0.3 is 9.84 Å². The third kappa shape index (κ3) is 4.68. The third-order valence-electron chi connectivity index (χ3n) is 4.61. The number of carbonyl (C=O) groups excluding carboxylic acids is 1. The molecule has 1 aliphatic rings. The van der Waals surface area contributed by atoms with Crippen LogP contribution in [0.15, 0.2) is 83.8 Å². The summed E-state index contributed by atoms with van der Waals surface area (Å²) in [6.45, 7) is 0.274. The zero-order chi connectivity index (χ0) is 21.8. The van der Waals surface area contributed by atoms with E-state index >= 15 is 0 Å². The molecule has 3 aromatic carbocycles. The van der Waals surface area contributed by atoms with Crippen LogP contribution in [0.3, 0.4) is 0 Å². The number of amides is 1. The Morgan fingerprint density at radius 2 is 1.68 bits per heavy atom. The maximum absolute atomic E-state index is 13.0. The van der Waals surface area contributed by atoms with E-state index < -0.39 is 5.97 Å². The van der Waals surface area contributed by atoms with Gasteiger partial charge in [0.1, 0.15) is 12.4 Å². The van der Waals surface area contributed by atoms with Crippen LogP contribution in [0.2, 0.25) is 0 Å². The van der Waals surface area contributed by atoms with E-state index in [1.807, 2.05) is 54.6 Å². The van der Waals surface area contributed by atoms with Crippen LogP contribution in [0.4, 0.5) is 5.69 Å². The number of carboxylic acid groups (broad SMARTS) is 1. The number of hydrogen-bond acceptors (Lipinski definition) is 5. The highest BCUT2D eigenvalue weighted by Crippen LogP contribution is 2.37. The van der Waals surface area contributed by atoms with E-state index in [1.165, 1.54) is 16.7 Å². The van der Waals surface area contributed by atoms with Gasteiger partial charge in [0.25, 0.3) is 5.91 Å². The van der Waals surface area contributed by atoms with Crippen molar-refractivity contribution in [2.45, 2.75) is 6.61 Å². The van der Waals surface area contributed by atoms with Crippen molar-refractivity contribution in [3.63, 3.8) is 0 Å². The Hall–Kier alpha value is -3.42. The highest BCUT2D eigenvalue weighted by Gasteiger charge is 2.33. The summed E-state index contributed by atoms with van der Waals surface area (Å²) < 4.78 is 6.43. The summed E-state index contributed by atoms with van der Waals surface area (Å²) in [5.74, 6) is -0.513. The van der Waals surface area contributed by atoms with Gasteiger partial charge in [0.2, 0.25) is 0 Å². The lowest BCUT2D eigenvalue weighted by atomic mass is 10.1. The number of aromatic carboxylic acids is 1. The van der Waals surface area contributed by atoms with E-state index in [0.717, 1.165) is 16.8 Å². The molecule has 1 aliphatic heterocycles. The molecule has 1 saturated heterocycles. The molecule has 1 fully saturated rings. The second-order valence-corrected chi connectivity index (χ2v) is 8.36. The number of thiocarbonyl (C=S) groups is 1.